The van der Waals surface area contributed by atoms with Crippen molar-refractivity contribution in [3.63, 3.8) is 0 Å². The van der Waals surface area contributed by atoms with E-state index in [1.807, 2.05) is 12.1 Å². The maximum Gasteiger partial charge on any atom is 0.0406 e. The Balaban J connectivity index is 2.71. The molecule has 0 aliphatic rings. The topological polar surface area (TPSA) is 26.0 Å². The maximum atomic E-state index is 5.85. The first-order chi connectivity index (χ1) is 6.93. The van der Waals surface area contributed by atoms with E-state index in [0.29, 0.717) is 5.92 Å². The van der Waals surface area contributed by atoms with E-state index in [0.717, 1.165) is 18.0 Å². The van der Waals surface area contributed by atoms with Crippen molar-refractivity contribution in [2.45, 2.75) is 27.2 Å². The van der Waals surface area contributed by atoms with E-state index in [9.17, 15) is 0 Å². The molecule has 0 aliphatic heterocycles. The van der Waals surface area contributed by atoms with Gasteiger partial charge in [-0.15, -0.1) is 0 Å². The van der Waals surface area contributed by atoms with Crippen LogP contribution in [0, 0.1) is 11.3 Å². The highest BCUT2D eigenvalue weighted by molar-refractivity contribution is 6.30. The van der Waals surface area contributed by atoms with E-state index >= 15 is 0 Å². The lowest BCUT2D eigenvalue weighted by Gasteiger charge is -2.29. The highest BCUT2D eigenvalue weighted by Crippen LogP contribution is 2.28. The van der Waals surface area contributed by atoms with Gasteiger partial charge in [-0.2, -0.15) is 0 Å². The summed E-state index contributed by atoms with van der Waals surface area (Å²) in [6, 6.07) is 8.04. The highest BCUT2D eigenvalue weighted by Gasteiger charge is 2.23. The Bertz CT molecular complexity index is 297. The summed E-state index contributed by atoms with van der Waals surface area (Å²) in [5, 5.41) is 0.791. The van der Waals surface area contributed by atoms with Gasteiger partial charge in [0.2, 0.25) is 0 Å². The van der Waals surface area contributed by atoms with Crippen LogP contribution in [0.5, 0.6) is 0 Å². The molecule has 2 N–H and O–H groups in total. The van der Waals surface area contributed by atoms with Crippen molar-refractivity contribution in [1.29, 1.82) is 0 Å². The second kappa shape index (κ2) is 5.00. The van der Waals surface area contributed by atoms with E-state index in [2.05, 4.69) is 32.9 Å². The molecule has 0 amide bonds. The average molecular weight is 226 g/mol. The third-order valence-corrected chi connectivity index (χ3v) is 3.16. The van der Waals surface area contributed by atoms with Gasteiger partial charge in [0, 0.05) is 5.02 Å². The molecule has 0 saturated carbocycles. The summed E-state index contributed by atoms with van der Waals surface area (Å²) in [5.74, 6) is 0.513. The van der Waals surface area contributed by atoms with Crippen LogP contribution < -0.4 is 5.73 Å². The van der Waals surface area contributed by atoms with Gasteiger partial charge in [-0.1, -0.05) is 44.5 Å². The average Bonchev–Trinajstić information content (AvgIpc) is 2.15. The molecule has 1 aromatic carbocycles. The summed E-state index contributed by atoms with van der Waals surface area (Å²) in [7, 11) is 0. The quantitative estimate of drug-likeness (QED) is 0.837. The second-order valence-electron chi connectivity index (χ2n) is 5.13. The van der Waals surface area contributed by atoms with Gasteiger partial charge in [-0.25, -0.2) is 0 Å². The summed E-state index contributed by atoms with van der Waals surface area (Å²) in [5.41, 5.74) is 7.38. The molecule has 1 unspecified atom stereocenters. The predicted octanol–water partition coefficient (Wildman–Crippen LogP) is 3.50. The third kappa shape index (κ3) is 3.84. The summed E-state index contributed by atoms with van der Waals surface area (Å²) < 4.78 is 0. The van der Waals surface area contributed by atoms with Crippen LogP contribution in [-0.2, 0) is 6.42 Å². The first-order valence-electron chi connectivity index (χ1n) is 5.38. The molecule has 2 heteroatoms. The van der Waals surface area contributed by atoms with Crippen LogP contribution in [0.4, 0.5) is 0 Å². The first kappa shape index (κ1) is 12.5. The Labute approximate surface area is 97.6 Å². The lowest BCUT2D eigenvalue weighted by atomic mass is 9.77. The van der Waals surface area contributed by atoms with Crippen LogP contribution in [-0.4, -0.2) is 6.54 Å². The minimum atomic E-state index is 0.258. The molecule has 1 rings (SSSR count). The highest BCUT2D eigenvalue weighted by atomic mass is 35.5. The minimum Gasteiger partial charge on any atom is -0.330 e. The fourth-order valence-corrected chi connectivity index (χ4v) is 1.77. The number of benzene rings is 1. The molecule has 1 aromatic rings. The lowest BCUT2D eigenvalue weighted by Crippen LogP contribution is -2.29. The third-order valence-electron chi connectivity index (χ3n) is 2.90. The van der Waals surface area contributed by atoms with E-state index < -0.39 is 0 Å². The van der Waals surface area contributed by atoms with Gasteiger partial charge in [0.05, 0.1) is 0 Å². The van der Waals surface area contributed by atoms with Crippen molar-refractivity contribution >= 4 is 11.6 Å². The Morgan fingerprint density at radius 1 is 1.20 bits per heavy atom. The Morgan fingerprint density at radius 2 is 1.73 bits per heavy atom. The zero-order valence-electron chi connectivity index (χ0n) is 9.76. The van der Waals surface area contributed by atoms with Crippen LogP contribution in [0.2, 0.25) is 5.02 Å². The molecule has 0 heterocycles. The predicted molar refractivity (Wildman–Crippen MR) is 67.2 cm³/mol. The second-order valence-corrected chi connectivity index (χ2v) is 5.57. The standard InChI is InChI=1S/C13H20ClN/c1-13(2,3)11(9-15)8-10-4-6-12(14)7-5-10/h4-7,11H,8-9,15H2,1-3H3. The molecule has 84 valence electrons. The van der Waals surface area contributed by atoms with Gasteiger partial charge < -0.3 is 5.73 Å². The van der Waals surface area contributed by atoms with Crippen molar-refractivity contribution in [2.75, 3.05) is 6.54 Å². The first-order valence-corrected chi connectivity index (χ1v) is 5.76. The molecule has 0 aliphatic carbocycles. The molecule has 0 radical (unpaired) electrons. The number of halogens is 1. The summed E-state index contributed by atoms with van der Waals surface area (Å²) in [6.07, 6.45) is 1.02. The van der Waals surface area contributed by atoms with E-state index in [1.54, 1.807) is 0 Å². The summed E-state index contributed by atoms with van der Waals surface area (Å²) >= 11 is 5.85. The van der Waals surface area contributed by atoms with Gasteiger partial charge in [0.15, 0.2) is 0 Å². The largest absolute Gasteiger partial charge is 0.330 e. The summed E-state index contributed by atoms with van der Waals surface area (Å²) in [6.45, 7) is 7.44. The molecular formula is C13H20ClN. The zero-order chi connectivity index (χ0) is 11.5. The van der Waals surface area contributed by atoms with Crippen molar-refractivity contribution < 1.29 is 0 Å². The molecule has 1 nitrogen and oxygen atoms in total. The molecular weight excluding hydrogens is 206 g/mol. The number of hydrogen-bond acceptors (Lipinski definition) is 1. The van der Waals surface area contributed by atoms with Gasteiger partial charge in [-0.05, 0) is 42.0 Å². The number of rotatable bonds is 3. The molecule has 1 atom stereocenters. The number of nitrogens with two attached hydrogens (primary N) is 1. The van der Waals surface area contributed by atoms with Crippen LogP contribution >= 0.6 is 11.6 Å². The summed E-state index contributed by atoms with van der Waals surface area (Å²) in [4.78, 5) is 0. The van der Waals surface area contributed by atoms with Gasteiger partial charge in [0.25, 0.3) is 0 Å². The van der Waals surface area contributed by atoms with E-state index in [-0.39, 0.29) is 5.41 Å². The Morgan fingerprint density at radius 3 is 2.13 bits per heavy atom. The molecule has 0 spiro atoms. The maximum absolute atomic E-state index is 5.85. The van der Waals surface area contributed by atoms with Crippen molar-refractivity contribution in [3.8, 4) is 0 Å². The van der Waals surface area contributed by atoms with Gasteiger partial charge in [-0.3, -0.25) is 0 Å². The monoisotopic (exact) mass is 225 g/mol. The Hall–Kier alpha value is -0.530. The van der Waals surface area contributed by atoms with Crippen molar-refractivity contribution in [2.24, 2.45) is 17.1 Å². The van der Waals surface area contributed by atoms with Gasteiger partial charge in [0.1, 0.15) is 0 Å². The zero-order valence-corrected chi connectivity index (χ0v) is 10.5. The number of hydrogen-bond donors (Lipinski definition) is 1. The fraction of sp³-hybridized carbons (Fsp3) is 0.538. The van der Waals surface area contributed by atoms with Crippen LogP contribution in [0.25, 0.3) is 0 Å². The molecule has 0 bridgehead atoms. The molecule has 0 aromatic heterocycles. The van der Waals surface area contributed by atoms with Crippen LogP contribution in [0.15, 0.2) is 24.3 Å². The lowest BCUT2D eigenvalue weighted by molar-refractivity contribution is 0.246. The molecule has 0 fully saturated rings. The van der Waals surface area contributed by atoms with Crippen LogP contribution in [0.1, 0.15) is 26.3 Å². The van der Waals surface area contributed by atoms with Gasteiger partial charge >= 0.3 is 0 Å². The van der Waals surface area contributed by atoms with Crippen molar-refractivity contribution in [3.05, 3.63) is 34.9 Å². The smallest absolute Gasteiger partial charge is 0.0406 e. The normalized spacial score (nSPS) is 13.9. The minimum absolute atomic E-state index is 0.258. The fourth-order valence-electron chi connectivity index (χ4n) is 1.65. The molecule has 0 saturated heterocycles. The Kier molecular flexibility index (Phi) is 4.18. The molecule has 15 heavy (non-hydrogen) atoms. The van der Waals surface area contributed by atoms with E-state index in [1.165, 1.54) is 5.56 Å². The van der Waals surface area contributed by atoms with Crippen LogP contribution in [0.3, 0.4) is 0 Å². The van der Waals surface area contributed by atoms with Crippen molar-refractivity contribution in [1.82, 2.24) is 0 Å². The SMILES string of the molecule is CC(C)(C)C(CN)Cc1ccc(Cl)cc1. The van der Waals surface area contributed by atoms with E-state index in [4.69, 9.17) is 17.3 Å².